The number of nitrogens with zero attached hydrogens (tertiary/aromatic N) is 2. The molecule has 0 aliphatic carbocycles. The number of hydrazone groups is 1. The molecule has 1 aromatic heterocycles. The minimum Gasteiger partial charge on any atom is -0.461 e. The molecule has 6 nitrogen and oxygen atoms in total. The van der Waals surface area contributed by atoms with Gasteiger partial charge < -0.3 is 4.74 Å². The molecule has 1 amide bonds. The molecule has 0 saturated heterocycles. The van der Waals surface area contributed by atoms with Crippen molar-refractivity contribution in [3.8, 4) is 0 Å². The van der Waals surface area contributed by atoms with Crippen molar-refractivity contribution < 1.29 is 27.5 Å². The first kappa shape index (κ1) is 15.6. The van der Waals surface area contributed by atoms with Crippen molar-refractivity contribution in [2.24, 2.45) is 5.10 Å². The fourth-order valence-corrected chi connectivity index (χ4v) is 1.09. The van der Waals surface area contributed by atoms with Gasteiger partial charge in [-0.1, -0.05) is 0 Å². The normalized spacial score (nSPS) is 11.9. The van der Waals surface area contributed by atoms with Crippen LogP contribution in [0.2, 0.25) is 0 Å². The fourth-order valence-electron chi connectivity index (χ4n) is 1.09. The van der Waals surface area contributed by atoms with Crippen LogP contribution in [0.15, 0.2) is 29.6 Å². The summed E-state index contributed by atoms with van der Waals surface area (Å²) in [7, 11) is 0. The number of carbonyl (C=O) groups is 2. The molecular formula is C11H10F3N3O3. The van der Waals surface area contributed by atoms with Gasteiger partial charge in [0.1, 0.15) is 0 Å². The minimum absolute atomic E-state index is 0.00151. The van der Waals surface area contributed by atoms with Gasteiger partial charge in [-0.3, -0.25) is 9.78 Å². The molecule has 0 atom stereocenters. The third kappa shape index (κ3) is 4.34. The number of pyridine rings is 1. The number of ether oxygens (including phenoxy) is 1. The third-order valence-corrected chi connectivity index (χ3v) is 1.93. The molecule has 108 valence electrons. The molecule has 0 bridgehead atoms. The third-order valence-electron chi connectivity index (χ3n) is 1.93. The lowest BCUT2D eigenvalue weighted by molar-refractivity contribution is -0.139. The number of esters is 1. The summed E-state index contributed by atoms with van der Waals surface area (Å²) in [5.41, 5.74) is -0.202. The van der Waals surface area contributed by atoms with Gasteiger partial charge in [-0.25, -0.2) is 10.2 Å². The van der Waals surface area contributed by atoms with Crippen molar-refractivity contribution in [3.05, 3.63) is 30.1 Å². The van der Waals surface area contributed by atoms with Gasteiger partial charge >= 0.3 is 12.1 Å². The van der Waals surface area contributed by atoms with E-state index in [1.165, 1.54) is 25.3 Å². The van der Waals surface area contributed by atoms with Crippen LogP contribution in [0, 0.1) is 0 Å². The first-order valence-electron chi connectivity index (χ1n) is 5.38. The summed E-state index contributed by atoms with van der Waals surface area (Å²) in [5.74, 6) is -2.59. The molecule has 0 radical (unpaired) electrons. The second-order valence-corrected chi connectivity index (χ2v) is 3.36. The highest BCUT2D eigenvalue weighted by molar-refractivity contribution is 6.38. The zero-order valence-electron chi connectivity index (χ0n) is 10.3. The summed E-state index contributed by atoms with van der Waals surface area (Å²) in [5, 5.41) is 2.78. The molecule has 1 aromatic rings. The van der Waals surface area contributed by atoms with E-state index in [1.54, 1.807) is 5.43 Å². The number of alkyl halides is 3. The highest BCUT2D eigenvalue weighted by Crippen LogP contribution is 2.18. The predicted molar refractivity (Wildman–Crippen MR) is 61.8 cm³/mol. The quantitative estimate of drug-likeness (QED) is 0.514. The van der Waals surface area contributed by atoms with Crippen molar-refractivity contribution in [2.45, 2.75) is 13.1 Å². The Labute approximate surface area is 111 Å². The zero-order valence-corrected chi connectivity index (χ0v) is 10.3. The topological polar surface area (TPSA) is 80.6 Å². The Morgan fingerprint density at radius 3 is 2.65 bits per heavy atom. The number of aromatic nitrogens is 1. The smallest absolute Gasteiger partial charge is 0.442 e. The molecule has 9 heteroatoms. The molecule has 0 saturated carbocycles. The van der Waals surface area contributed by atoms with E-state index in [9.17, 15) is 22.8 Å². The molecule has 0 fully saturated rings. The Hall–Kier alpha value is -2.45. The van der Waals surface area contributed by atoms with E-state index in [1.807, 2.05) is 0 Å². The maximum absolute atomic E-state index is 12.6. The number of halogens is 3. The lowest BCUT2D eigenvalue weighted by Crippen LogP contribution is -2.35. The molecular weight excluding hydrogens is 279 g/mol. The molecule has 0 aliphatic heterocycles. The van der Waals surface area contributed by atoms with Crippen molar-refractivity contribution in [3.63, 3.8) is 0 Å². The molecule has 0 aromatic carbocycles. The standard InChI is InChI=1S/C11H10F3N3O3/c1-2-20-10(19)8(11(12,13)14)16-17-9(18)7-4-3-5-15-6-7/h3-6H,2H2,1H3,(H,17,18). The molecule has 20 heavy (non-hydrogen) atoms. The van der Waals surface area contributed by atoms with Gasteiger partial charge in [0.05, 0.1) is 12.2 Å². The predicted octanol–water partition coefficient (Wildman–Crippen LogP) is 1.29. The minimum atomic E-state index is -5.03. The maximum Gasteiger partial charge on any atom is 0.442 e. The fraction of sp³-hybridized carbons (Fsp3) is 0.273. The van der Waals surface area contributed by atoms with Gasteiger partial charge in [-0.05, 0) is 19.1 Å². The molecule has 1 heterocycles. The molecule has 1 rings (SSSR count). The van der Waals surface area contributed by atoms with Crippen LogP contribution in [0.1, 0.15) is 17.3 Å². The zero-order chi connectivity index (χ0) is 15.2. The van der Waals surface area contributed by atoms with Crippen LogP contribution in [0.5, 0.6) is 0 Å². The molecule has 0 unspecified atom stereocenters. The van der Waals surface area contributed by atoms with Crippen LogP contribution in [-0.4, -0.2) is 35.4 Å². The Balaban J connectivity index is 2.88. The van der Waals surface area contributed by atoms with E-state index >= 15 is 0 Å². The number of carbonyl (C=O) groups excluding carboxylic acids is 2. The number of nitrogens with one attached hydrogen (secondary N) is 1. The van der Waals surface area contributed by atoms with Crippen LogP contribution in [0.4, 0.5) is 13.2 Å². The van der Waals surface area contributed by atoms with Crippen molar-refractivity contribution in [1.82, 2.24) is 10.4 Å². The summed E-state index contributed by atoms with van der Waals surface area (Å²) in [4.78, 5) is 26.2. The summed E-state index contributed by atoms with van der Waals surface area (Å²) < 4.78 is 41.9. The van der Waals surface area contributed by atoms with E-state index in [0.29, 0.717) is 0 Å². The van der Waals surface area contributed by atoms with Crippen LogP contribution >= 0.6 is 0 Å². The van der Waals surface area contributed by atoms with Crippen molar-refractivity contribution in [1.29, 1.82) is 0 Å². The average molecular weight is 289 g/mol. The first-order chi connectivity index (χ1) is 9.36. The Kier molecular flexibility index (Phi) is 5.18. The Bertz CT molecular complexity index is 515. The van der Waals surface area contributed by atoms with Crippen LogP contribution < -0.4 is 5.43 Å². The SMILES string of the molecule is CCOC(=O)C(=NNC(=O)c1cccnc1)C(F)(F)F. The van der Waals surface area contributed by atoms with Gasteiger partial charge in [-0.2, -0.15) is 18.3 Å². The van der Waals surface area contributed by atoms with E-state index < -0.39 is 23.8 Å². The van der Waals surface area contributed by atoms with E-state index in [0.717, 1.165) is 6.20 Å². The number of hydrogen-bond donors (Lipinski definition) is 1. The van der Waals surface area contributed by atoms with Gasteiger partial charge in [0.2, 0.25) is 5.71 Å². The van der Waals surface area contributed by atoms with Gasteiger partial charge in [0.25, 0.3) is 5.91 Å². The second kappa shape index (κ2) is 6.64. The lowest BCUT2D eigenvalue weighted by atomic mass is 10.3. The van der Waals surface area contributed by atoms with Crippen LogP contribution in [0.3, 0.4) is 0 Å². The van der Waals surface area contributed by atoms with E-state index in [2.05, 4.69) is 14.8 Å². The molecule has 1 N–H and O–H groups in total. The summed E-state index contributed by atoms with van der Waals surface area (Å²) in [6, 6.07) is 2.75. The summed E-state index contributed by atoms with van der Waals surface area (Å²) >= 11 is 0. The van der Waals surface area contributed by atoms with Gasteiger partial charge in [0, 0.05) is 12.4 Å². The van der Waals surface area contributed by atoms with Crippen LogP contribution in [0.25, 0.3) is 0 Å². The average Bonchev–Trinajstić information content (AvgIpc) is 2.38. The second-order valence-electron chi connectivity index (χ2n) is 3.36. The summed E-state index contributed by atoms with van der Waals surface area (Å²) in [6.45, 7) is 1.10. The van der Waals surface area contributed by atoms with Gasteiger partial charge in [-0.15, -0.1) is 0 Å². The monoisotopic (exact) mass is 289 g/mol. The van der Waals surface area contributed by atoms with E-state index in [4.69, 9.17) is 0 Å². The van der Waals surface area contributed by atoms with Crippen molar-refractivity contribution >= 4 is 17.6 Å². The highest BCUT2D eigenvalue weighted by atomic mass is 19.4. The largest absolute Gasteiger partial charge is 0.461 e. The highest BCUT2D eigenvalue weighted by Gasteiger charge is 2.42. The number of hydrogen-bond acceptors (Lipinski definition) is 5. The Morgan fingerprint density at radius 1 is 1.45 bits per heavy atom. The summed E-state index contributed by atoms with van der Waals surface area (Å²) in [6.07, 6.45) is -2.50. The number of rotatable bonds is 4. The lowest BCUT2D eigenvalue weighted by Gasteiger charge is -2.09. The first-order valence-corrected chi connectivity index (χ1v) is 5.38. The molecule has 0 aliphatic rings. The Morgan fingerprint density at radius 2 is 2.15 bits per heavy atom. The molecule has 0 spiro atoms. The van der Waals surface area contributed by atoms with Gasteiger partial charge in [0.15, 0.2) is 0 Å². The van der Waals surface area contributed by atoms with E-state index in [-0.39, 0.29) is 12.2 Å². The van der Waals surface area contributed by atoms with Crippen molar-refractivity contribution in [2.75, 3.05) is 6.61 Å². The van der Waals surface area contributed by atoms with Crippen LogP contribution in [-0.2, 0) is 9.53 Å². The maximum atomic E-state index is 12.6. The number of amides is 1.